The second-order valence-electron chi connectivity index (χ2n) is 9.89. The second kappa shape index (κ2) is 12.1. The van der Waals surface area contributed by atoms with E-state index in [-0.39, 0.29) is 10.7 Å². The number of anilines is 1. The highest BCUT2D eigenvalue weighted by Crippen LogP contribution is 2.28. The van der Waals surface area contributed by atoms with Crippen LogP contribution in [-0.4, -0.2) is 74.0 Å². The summed E-state index contributed by atoms with van der Waals surface area (Å²) in [5.74, 6) is 0.0523. The number of hydrogen-bond acceptors (Lipinski definition) is 7. The minimum atomic E-state index is -4.05. The van der Waals surface area contributed by atoms with E-state index in [4.69, 9.17) is 26.6 Å². The molecule has 1 saturated heterocycles. The number of nitrogens with one attached hydrogen (secondary N) is 1. The fraction of sp³-hybridized carbons (Fsp3) is 0.276. The number of sulfonamides is 1. The lowest BCUT2D eigenvalue weighted by atomic mass is 10.1. The molecular formula is C29H33N7O4S. The van der Waals surface area contributed by atoms with Gasteiger partial charge in [-0.05, 0) is 35.9 Å². The molecule has 214 valence electrons. The molecule has 0 saturated carbocycles. The number of fused-ring (bicyclic) bond motifs is 1. The highest BCUT2D eigenvalue weighted by atomic mass is 32.2. The number of hydrogen-bond donors (Lipinski definition) is 3. The van der Waals surface area contributed by atoms with Crippen LogP contribution >= 0.6 is 0 Å². The first-order valence-electron chi connectivity index (χ1n) is 13.3. The molecule has 41 heavy (non-hydrogen) atoms. The predicted molar refractivity (Wildman–Crippen MR) is 157 cm³/mol. The zero-order chi connectivity index (χ0) is 29.0. The largest absolute Gasteiger partial charge is 0.384 e. The molecular weight excluding hydrogens is 542 g/mol. The van der Waals surface area contributed by atoms with E-state index in [2.05, 4.69) is 9.47 Å². The molecule has 2 heterocycles. The lowest BCUT2D eigenvalue weighted by Crippen LogP contribution is -2.38. The van der Waals surface area contributed by atoms with Crippen molar-refractivity contribution >= 4 is 38.5 Å². The van der Waals surface area contributed by atoms with Crippen LogP contribution in [0, 0.1) is 5.41 Å². The number of amidine groups is 1. The van der Waals surface area contributed by atoms with Crippen LogP contribution in [0.25, 0.3) is 11.0 Å². The standard InChI is InChI=1S/C29H33N7O4S/c30-27(37)20-36(41(38,39)24-4-2-1-3-5-24)23-10-11-26-25(19-23)33-28(18-21-6-8-22(9-7-21)29(31)32)35(26)13-12-34-14-16-40-17-15-34/h1-11,19H,12-18,20H2,(H2,30,37)(H3,31,32). The molecule has 1 aliphatic heterocycles. The van der Waals surface area contributed by atoms with Crippen LogP contribution in [0.3, 0.4) is 0 Å². The molecule has 3 aromatic carbocycles. The Labute approximate surface area is 238 Å². The number of nitrogen functional groups attached to an aromatic ring is 1. The van der Waals surface area contributed by atoms with Gasteiger partial charge in [0.2, 0.25) is 5.91 Å². The van der Waals surface area contributed by atoms with E-state index in [0.29, 0.717) is 42.9 Å². The maximum absolute atomic E-state index is 13.5. The molecule has 12 heteroatoms. The van der Waals surface area contributed by atoms with Gasteiger partial charge < -0.3 is 20.8 Å². The highest BCUT2D eigenvalue weighted by Gasteiger charge is 2.27. The molecule has 0 unspecified atom stereocenters. The van der Waals surface area contributed by atoms with Gasteiger partial charge in [-0.3, -0.25) is 19.4 Å². The summed E-state index contributed by atoms with van der Waals surface area (Å²) in [7, 11) is -4.05. The Kier molecular flexibility index (Phi) is 8.34. The molecule has 11 nitrogen and oxygen atoms in total. The first-order chi connectivity index (χ1) is 19.7. The zero-order valence-electron chi connectivity index (χ0n) is 22.6. The Morgan fingerprint density at radius 3 is 2.34 bits per heavy atom. The van der Waals surface area contributed by atoms with Gasteiger partial charge in [0.05, 0.1) is 34.8 Å². The fourth-order valence-electron chi connectivity index (χ4n) is 4.93. The zero-order valence-corrected chi connectivity index (χ0v) is 23.4. The van der Waals surface area contributed by atoms with Crippen molar-refractivity contribution in [2.45, 2.75) is 17.9 Å². The molecule has 1 amide bonds. The summed E-state index contributed by atoms with van der Waals surface area (Å²) in [6.45, 7) is 4.11. The third kappa shape index (κ3) is 6.40. The van der Waals surface area contributed by atoms with Gasteiger partial charge >= 0.3 is 0 Å². The van der Waals surface area contributed by atoms with Crippen LogP contribution < -0.4 is 15.8 Å². The van der Waals surface area contributed by atoms with Crippen molar-refractivity contribution in [2.75, 3.05) is 43.7 Å². The van der Waals surface area contributed by atoms with E-state index in [1.54, 1.807) is 30.3 Å². The van der Waals surface area contributed by atoms with Crippen molar-refractivity contribution in [2.24, 2.45) is 11.5 Å². The normalized spacial score (nSPS) is 14.2. The van der Waals surface area contributed by atoms with E-state index < -0.39 is 22.5 Å². The first-order valence-corrected chi connectivity index (χ1v) is 14.7. The topological polar surface area (TPSA) is 161 Å². The van der Waals surface area contributed by atoms with Gasteiger partial charge in [-0.2, -0.15) is 0 Å². The Bertz CT molecular complexity index is 1650. The first kappa shape index (κ1) is 28.3. The second-order valence-corrected chi connectivity index (χ2v) is 11.7. The number of amides is 1. The summed E-state index contributed by atoms with van der Waals surface area (Å²) in [6, 6.07) is 20.6. The Morgan fingerprint density at radius 2 is 1.68 bits per heavy atom. The number of primary amides is 1. The van der Waals surface area contributed by atoms with Gasteiger partial charge in [0.15, 0.2) is 0 Å². The quantitative estimate of drug-likeness (QED) is 0.182. The van der Waals surface area contributed by atoms with Crippen molar-refractivity contribution < 1.29 is 17.9 Å². The van der Waals surface area contributed by atoms with Crippen LogP contribution in [0.2, 0.25) is 0 Å². The van der Waals surface area contributed by atoms with E-state index >= 15 is 0 Å². The number of morpholine rings is 1. The van der Waals surface area contributed by atoms with Crippen LogP contribution in [0.15, 0.2) is 77.7 Å². The van der Waals surface area contributed by atoms with Crippen molar-refractivity contribution in [1.82, 2.24) is 14.5 Å². The summed E-state index contributed by atoms with van der Waals surface area (Å²) < 4.78 is 35.7. The number of benzene rings is 3. The summed E-state index contributed by atoms with van der Waals surface area (Å²) in [6.07, 6.45) is 0.526. The van der Waals surface area contributed by atoms with Gasteiger partial charge in [0.1, 0.15) is 18.2 Å². The maximum atomic E-state index is 13.5. The van der Waals surface area contributed by atoms with Gasteiger partial charge in [0.25, 0.3) is 10.0 Å². The summed E-state index contributed by atoms with van der Waals surface area (Å²) in [5.41, 5.74) is 14.5. The number of nitrogens with two attached hydrogens (primary N) is 2. The number of carbonyl (C=O) groups is 1. The third-order valence-corrected chi connectivity index (χ3v) is 8.89. The molecule has 1 fully saturated rings. The molecule has 5 rings (SSSR count). The summed E-state index contributed by atoms with van der Waals surface area (Å²) >= 11 is 0. The molecule has 0 atom stereocenters. The maximum Gasteiger partial charge on any atom is 0.264 e. The van der Waals surface area contributed by atoms with E-state index in [1.165, 1.54) is 12.1 Å². The van der Waals surface area contributed by atoms with Crippen LogP contribution in [-0.2, 0) is 32.5 Å². The van der Waals surface area contributed by atoms with Crippen molar-refractivity contribution in [3.05, 3.63) is 89.7 Å². The highest BCUT2D eigenvalue weighted by molar-refractivity contribution is 7.92. The molecule has 0 radical (unpaired) electrons. The molecule has 0 aliphatic carbocycles. The predicted octanol–water partition coefficient (Wildman–Crippen LogP) is 1.92. The lowest BCUT2D eigenvalue weighted by Gasteiger charge is -2.27. The number of rotatable bonds is 11. The number of ether oxygens (including phenoxy) is 1. The monoisotopic (exact) mass is 575 g/mol. The number of nitrogens with zero attached hydrogens (tertiary/aromatic N) is 4. The molecule has 0 spiro atoms. The van der Waals surface area contributed by atoms with E-state index in [9.17, 15) is 13.2 Å². The molecule has 1 aromatic heterocycles. The minimum absolute atomic E-state index is 0.00722. The third-order valence-electron chi connectivity index (χ3n) is 7.10. The SMILES string of the molecule is N=C(N)c1ccc(Cc2nc3cc(N(CC(N)=O)S(=O)(=O)c4ccccc4)ccc3n2CCN2CCOCC2)cc1. The number of imidazole rings is 1. The summed E-state index contributed by atoms with van der Waals surface area (Å²) in [4.78, 5) is 19.3. The lowest BCUT2D eigenvalue weighted by molar-refractivity contribution is -0.116. The van der Waals surface area contributed by atoms with Gasteiger partial charge in [-0.15, -0.1) is 0 Å². The van der Waals surface area contributed by atoms with Crippen LogP contribution in [0.1, 0.15) is 17.0 Å². The van der Waals surface area contributed by atoms with Crippen molar-refractivity contribution in [3.8, 4) is 0 Å². The van der Waals surface area contributed by atoms with Crippen molar-refractivity contribution in [1.29, 1.82) is 5.41 Å². The Hall–Kier alpha value is -4.26. The number of aromatic nitrogens is 2. The Balaban J connectivity index is 1.53. The van der Waals surface area contributed by atoms with Gasteiger partial charge in [-0.1, -0.05) is 42.5 Å². The molecule has 5 N–H and O–H groups in total. The van der Waals surface area contributed by atoms with Gasteiger partial charge in [0, 0.05) is 38.2 Å². The Morgan fingerprint density at radius 1 is 0.976 bits per heavy atom. The van der Waals surface area contributed by atoms with E-state index in [0.717, 1.165) is 40.8 Å². The van der Waals surface area contributed by atoms with E-state index in [1.807, 2.05) is 30.3 Å². The average molecular weight is 576 g/mol. The minimum Gasteiger partial charge on any atom is -0.384 e. The summed E-state index contributed by atoms with van der Waals surface area (Å²) in [5, 5.41) is 7.65. The van der Waals surface area contributed by atoms with Crippen LogP contribution in [0.4, 0.5) is 5.69 Å². The van der Waals surface area contributed by atoms with Gasteiger partial charge in [-0.25, -0.2) is 13.4 Å². The molecule has 0 bridgehead atoms. The average Bonchev–Trinajstić information content (AvgIpc) is 3.31. The molecule has 4 aromatic rings. The molecule has 1 aliphatic rings. The smallest absolute Gasteiger partial charge is 0.264 e. The fourth-order valence-corrected chi connectivity index (χ4v) is 6.38. The number of carbonyl (C=O) groups excluding carboxylic acids is 1. The van der Waals surface area contributed by atoms with Crippen molar-refractivity contribution in [3.63, 3.8) is 0 Å². The van der Waals surface area contributed by atoms with Crippen LogP contribution in [0.5, 0.6) is 0 Å².